The molecule has 0 unspecified atom stereocenters. The minimum Gasteiger partial charge on any atom is -0.392 e. The summed E-state index contributed by atoms with van der Waals surface area (Å²) in [5, 5.41) is 14.0. The standard InChI is InChI=1S/C16H13FN2O/c17-14-6-8-15(9-7-14)19-10-13(11-20)16(18-19)12-4-2-1-3-5-12/h1-10,20H,11H2. The van der Waals surface area contributed by atoms with E-state index in [2.05, 4.69) is 5.10 Å². The van der Waals surface area contributed by atoms with E-state index in [0.717, 1.165) is 22.5 Å². The van der Waals surface area contributed by atoms with Crippen LogP contribution in [0.1, 0.15) is 5.56 Å². The Bertz CT molecular complexity index is 705. The lowest BCUT2D eigenvalue weighted by Gasteiger charge is -2.00. The predicted octanol–water partition coefficient (Wildman–Crippen LogP) is 3.17. The summed E-state index contributed by atoms with van der Waals surface area (Å²) < 4.78 is 14.6. The Balaban J connectivity index is 2.07. The minimum absolute atomic E-state index is 0.0918. The molecule has 100 valence electrons. The van der Waals surface area contributed by atoms with E-state index < -0.39 is 0 Å². The molecule has 0 amide bonds. The Kier molecular flexibility index (Phi) is 3.31. The van der Waals surface area contributed by atoms with Crippen LogP contribution in [0.4, 0.5) is 4.39 Å². The highest BCUT2D eigenvalue weighted by atomic mass is 19.1. The van der Waals surface area contributed by atoms with Crippen LogP contribution in [0.2, 0.25) is 0 Å². The van der Waals surface area contributed by atoms with Gasteiger partial charge in [0.1, 0.15) is 5.82 Å². The molecule has 3 nitrogen and oxygen atoms in total. The average Bonchev–Trinajstić information content (AvgIpc) is 2.93. The SMILES string of the molecule is OCc1cn(-c2ccc(F)cc2)nc1-c1ccccc1. The van der Waals surface area contributed by atoms with Crippen molar-refractivity contribution in [2.45, 2.75) is 6.61 Å². The molecule has 2 aromatic carbocycles. The quantitative estimate of drug-likeness (QED) is 0.792. The first-order valence-electron chi connectivity index (χ1n) is 6.28. The minimum atomic E-state index is -0.286. The van der Waals surface area contributed by atoms with E-state index in [9.17, 15) is 9.50 Å². The largest absolute Gasteiger partial charge is 0.392 e. The summed E-state index contributed by atoms with van der Waals surface area (Å²) in [7, 11) is 0. The Hall–Kier alpha value is -2.46. The molecule has 0 saturated heterocycles. The number of aromatic nitrogens is 2. The fourth-order valence-corrected chi connectivity index (χ4v) is 2.09. The molecule has 0 aliphatic heterocycles. The Morgan fingerprint density at radius 2 is 1.70 bits per heavy atom. The molecule has 1 N–H and O–H groups in total. The number of halogens is 1. The highest BCUT2D eigenvalue weighted by Crippen LogP contribution is 2.23. The van der Waals surface area contributed by atoms with Crippen molar-refractivity contribution in [2.24, 2.45) is 0 Å². The number of benzene rings is 2. The van der Waals surface area contributed by atoms with Crippen LogP contribution in [0.3, 0.4) is 0 Å². The molecule has 0 aliphatic carbocycles. The summed E-state index contributed by atoms with van der Waals surface area (Å²) in [4.78, 5) is 0. The van der Waals surface area contributed by atoms with E-state index in [0.29, 0.717) is 0 Å². The van der Waals surface area contributed by atoms with E-state index >= 15 is 0 Å². The molecule has 20 heavy (non-hydrogen) atoms. The fourth-order valence-electron chi connectivity index (χ4n) is 2.09. The van der Waals surface area contributed by atoms with Gasteiger partial charge in [-0.25, -0.2) is 9.07 Å². The van der Waals surface area contributed by atoms with Gasteiger partial charge in [0.15, 0.2) is 0 Å². The molecule has 0 spiro atoms. The van der Waals surface area contributed by atoms with Gasteiger partial charge in [0.05, 0.1) is 18.0 Å². The molecule has 1 heterocycles. The first-order valence-corrected chi connectivity index (χ1v) is 6.28. The predicted molar refractivity (Wildman–Crippen MR) is 74.9 cm³/mol. The zero-order valence-electron chi connectivity index (χ0n) is 10.7. The molecular formula is C16H13FN2O. The van der Waals surface area contributed by atoms with Crippen LogP contribution in [0.5, 0.6) is 0 Å². The number of rotatable bonds is 3. The van der Waals surface area contributed by atoms with Crippen molar-refractivity contribution in [3.8, 4) is 16.9 Å². The molecule has 3 aromatic rings. The number of aliphatic hydroxyl groups is 1. The lowest BCUT2D eigenvalue weighted by Crippen LogP contribution is -1.94. The van der Waals surface area contributed by atoms with E-state index in [-0.39, 0.29) is 12.4 Å². The van der Waals surface area contributed by atoms with Gasteiger partial charge in [-0.2, -0.15) is 5.10 Å². The summed E-state index contributed by atoms with van der Waals surface area (Å²) in [6.07, 6.45) is 1.76. The second kappa shape index (κ2) is 5.27. The van der Waals surface area contributed by atoms with Crippen LogP contribution in [0.25, 0.3) is 16.9 Å². The average molecular weight is 268 g/mol. The van der Waals surface area contributed by atoms with Gasteiger partial charge >= 0.3 is 0 Å². The number of aliphatic hydroxyl groups excluding tert-OH is 1. The van der Waals surface area contributed by atoms with Crippen molar-refractivity contribution in [3.05, 3.63) is 72.2 Å². The lowest BCUT2D eigenvalue weighted by atomic mass is 10.1. The van der Waals surface area contributed by atoms with Crippen LogP contribution in [0, 0.1) is 5.82 Å². The van der Waals surface area contributed by atoms with Gasteiger partial charge in [0, 0.05) is 17.3 Å². The summed E-state index contributed by atoms with van der Waals surface area (Å²) in [5.41, 5.74) is 3.17. The molecule has 4 heteroatoms. The molecule has 0 saturated carbocycles. The maximum atomic E-state index is 12.9. The second-order valence-corrected chi connectivity index (χ2v) is 4.45. The highest BCUT2D eigenvalue weighted by Gasteiger charge is 2.11. The number of hydrogen-bond acceptors (Lipinski definition) is 2. The van der Waals surface area contributed by atoms with Crippen molar-refractivity contribution in [2.75, 3.05) is 0 Å². The van der Waals surface area contributed by atoms with Gasteiger partial charge in [0.25, 0.3) is 0 Å². The van der Waals surface area contributed by atoms with Crippen molar-refractivity contribution >= 4 is 0 Å². The zero-order chi connectivity index (χ0) is 13.9. The van der Waals surface area contributed by atoms with Crippen molar-refractivity contribution in [3.63, 3.8) is 0 Å². The molecule has 3 rings (SSSR count). The van der Waals surface area contributed by atoms with E-state index in [4.69, 9.17) is 0 Å². The van der Waals surface area contributed by atoms with Crippen LogP contribution in [-0.2, 0) is 6.61 Å². The van der Waals surface area contributed by atoms with Crippen molar-refractivity contribution in [1.29, 1.82) is 0 Å². The van der Waals surface area contributed by atoms with Gasteiger partial charge in [-0.1, -0.05) is 30.3 Å². The van der Waals surface area contributed by atoms with Crippen molar-refractivity contribution < 1.29 is 9.50 Å². The Labute approximate surface area is 115 Å². The van der Waals surface area contributed by atoms with Gasteiger partial charge in [0.2, 0.25) is 0 Å². The topological polar surface area (TPSA) is 38.0 Å². The summed E-state index contributed by atoms with van der Waals surface area (Å²) >= 11 is 0. The molecule has 0 fully saturated rings. The van der Waals surface area contributed by atoms with Crippen LogP contribution in [0.15, 0.2) is 60.8 Å². The summed E-state index contributed by atoms with van der Waals surface area (Å²) in [6.45, 7) is -0.0918. The second-order valence-electron chi connectivity index (χ2n) is 4.45. The first kappa shape index (κ1) is 12.6. The summed E-state index contributed by atoms with van der Waals surface area (Å²) in [6, 6.07) is 15.7. The van der Waals surface area contributed by atoms with E-state index in [1.807, 2.05) is 30.3 Å². The summed E-state index contributed by atoms with van der Waals surface area (Å²) in [5.74, 6) is -0.286. The number of hydrogen-bond donors (Lipinski definition) is 1. The third-order valence-electron chi connectivity index (χ3n) is 3.10. The molecule has 0 aliphatic rings. The lowest BCUT2D eigenvalue weighted by molar-refractivity contribution is 0.282. The van der Waals surface area contributed by atoms with Crippen molar-refractivity contribution in [1.82, 2.24) is 9.78 Å². The van der Waals surface area contributed by atoms with Crippen LogP contribution < -0.4 is 0 Å². The highest BCUT2D eigenvalue weighted by molar-refractivity contribution is 5.63. The molecular weight excluding hydrogens is 255 g/mol. The Morgan fingerprint density at radius 3 is 2.35 bits per heavy atom. The number of nitrogens with zero attached hydrogens (tertiary/aromatic N) is 2. The van der Waals surface area contributed by atoms with Gasteiger partial charge in [-0.05, 0) is 24.3 Å². The maximum absolute atomic E-state index is 12.9. The van der Waals surface area contributed by atoms with Crippen LogP contribution >= 0.6 is 0 Å². The van der Waals surface area contributed by atoms with Gasteiger partial charge in [-0.3, -0.25) is 0 Å². The maximum Gasteiger partial charge on any atom is 0.123 e. The molecule has 0 bridgehead atoms. The molecule has 1 aromatic heterocycles. The van der Waals surface area contributed by atoms with E-state index in [1.54, 1.807) is 23.0 Å². The molecule has 0 radical (unpaired) electrons. The van der Waals surface area contributed by atoms with E-state index in [1.165, 1.54) is 12.1 Å². The third-order valence-corrected chi connectivity index (χ3v) is 3.10. The van der Waals surface area contributed by atoms with Gasteiger partial charge in [-0.15, -0.1) is 0 Å². The monoisotopic (exact) mass is 268 g/mol. The zero-order valence-corrected chi connectivity index (χ0v) is 10.7. The first-order chi connectivity index (χ1) is 9.78. The normalized spacial score (nSPS) is 10.7. The smallest absolute Gasteiger partial charge is 0.123 e. The fraction of sp³-hybridized carbons (Fsp3) is 0.0625. The molecule has 0 atom stereocenters. The van der Waals surface area contributed by atoms with Crippen LogP contribution in [-0.4, -0.2) is 14.9 Å². The Morgan fingerprint density at radius 1 is 1.00 bits per heavy atom. The van der Waals surface area contributed by atoms with Gasteiger partial charge < -0.3 is 5.11 Å². The third kappa shape index (κ3) is 2.33.